The van der Waals surface area contributed by atoms with Crippen molar-refractivity contribution in [1.82, 2.24) is 4.90 Å². The van der Waals surface area contributed by atoms with Crippen LogP contribution >= 0.6 is 0 Å². The van der Waals surface area contributed by atoms with Crippen LogP contribution in [0.2, 0.25) is 0 Å². The molecule has 0 saturated heterocycles. The van der Waals surface area contributed by atoms with Gasteiger partial charge in [0.25, 0.3) is 0 Å². The molecule has 0 spiro atoms. The van der Waals surface area contributed by atoms with Crippen molar-refractivity contribution in [1.29, 1.82) is 0 Å². The summed E-state index contributed by atoms with van der Waals surface area (Å²) in [6.45, 7) is 9.18. The maximum Gasteiger partial charge on any atom is 0.0464 e. The minimum Gasteiger partial charge on any atom is -0.385 e. The highest BCUT2D eigenvalue weighted by atomic mass is 16.5. The lowest BCUT2D eigenvalue weighted by Crippen LogP contribution is -2.15. The quantitative estimate of drug-likeness (QED) is 0.544. The number of rotatable bonds is 10. The lowest BCUT2D eigenvalue weighted by atomic mass is 9.81. The molecule has 0 fully saturated rings. The summed E-state index contributed by atoms with van der Waals surface area (Å²) in [5.41, 5.74) is 0.446. The average molecular weight is 257 g/mol. The molecule has 0 aliphatic carbocycles. The zero-order valence-corrected chi connectivity index (χ0v) is 13.6. The lowest BCUT2D eigenvalue weighted by Gasteiger charge is -2.26. The molecule has 0 unspecified atom stereocenters. The Kier molecular flexibility index (Phi) is 9.76. The van der Waals surface area contributed by atoms with E-state index in [-0.39, 0.29) is 0 Å². The Bertz CT molecular complexity index is 184. The van der Waals surface area contributed by atoms with Gasteiger partial charge < -0.3 is 9.64 Å². The zero-order chi connectivity index (χ0) is 14.0. The average Bonchev–Trinajstić information content (AvgIpc) is 2.22. The Morgan fingerprint density at radius 3 is 2.17 bits per heavy atom. The van der Waals surface area contributed by atoms with E-state index in [0.29, 0.717) is 5.41 Å². The molecule has 0 bridgehead atoms. The second-order valence-corrected chi connectivity index (χ2v) is 7.06. The van der Waals surface area contributed by atoms with E-state index in [1.807, 2.05) is 7.11 Å². The van der Waals surface area contributed by atoms with Crippen molar-refractivity contribution in [3.8, 4) is 0 Å². The van der Waals surface area contributed by atoms with Crippen molar-refractivity contribution < 1.29 is 4.74 Å². The predicted octanol–water partition coefficient (Wildman–Crippen LogP) is 4.20. The Hall–Kier alpha value is -0.0800. The highest BCUT2D eigenvalue weighted by Gasteiger charge is 2.18. The first kappa shape index (κ1) is 17.9. The maximum atomic E-state index is 5.24. The van der Waals surface area contributed by atoms with Gasteiger partial charge in [-0.1, -0.05) is 40.0 Å². The Labute approximate surface area is 115 Å². The van der Waals surface area contributed by atoms with Crippen LogP contribution in [0.5, 0.6) is 0 Å². The third-order valence-corrected chi connectivity index (χ3v) is 3.35. The summed E-state index contributed by atoms with van der Waals surface area (Å²) in [6.07, 6.45) is 7.99. The minimum absolute atomic E-state index is 0.446. The molecule has 2 nitrogen and oxygen atoms in total. The van der Waals surface area contributed by atoms with E-state index < -0.39 is 0 Å². The number of nitrogens with zero attached hydrogens (tertiary/aromatic N) is 1. The van der Waals surface area contributed by atoms with Gasteiger partial charge >= 0.3 is 0 Å². The summed E-state index contributed by atoms with van der Waals surface area (Å²) < 4.78 is 5.24. The number of hydrogen-bond donors (Lipinski definition) is 0. The van der Waals surface area contributed by atoms with E-state index in [2.05, 4.69) is 39.8 Å². The van der Waals surface area contributed by atoms with Gasteiger partial charge in [0.15, 0.2) is 0 Å². The maximum absolute atomic E-state index is 5.24. The van der Waals surface area contributed by atoms with Gasteiger partial charge in [0.2, 0.25) is 0 Å². The number of ether oxygens (including phenoxy) is 1. The second-order valence-electron chi connectivity index (χ2n) is 7.06. The largest absolute Gasteiger partial charge is 0.385 e. The van der Waals surface area contributed by atoms with Crippen molar-refractivity contribution in [2.45, 2.75) is 59.3 Å². The topological polar surface area (TPSA) is 12.5 Å². The third-order valence-electron chi connectivity index (χ3n) is 3.35. The van der Waals surface area contributed by atoms with Gasteiger partial charge in [-0.15, -0.1) is 0 Å². The molecule has 0 aromatic carbocycles. The SMILES string of the molecule is COCC[C@H](CCCCCN(C)C)CC(C)(C)C. The first-order valence-corrected chi connectivity index (χ1v) is 7.49. The van der Waals surface area contributed by atoms with Crippen molar-refractivity contribution >= 4 is 0 Å². The number of methoxy groups -OCH3 is 1. The Morgan fingerprint density at radius 2 is 1.67 bits per heavy atom. The van der Waals surface area contributed by atoms with Crippen LogP contribution in [0.15, 0.2) is 0 Å². The smallest absolute Gasteiger partial charge is 0.0464 e. The molecule has 0 aliphatic rings. The van der Waals surface area contributed by atoms with Crippen LogP contribution in [0.1, 0.15) is 59.3 Å². The number of unbranched alkanes of at least 4 members (excludes halogenated alkanes) is 2. The van der Waals surface area contributed by atoms with Crippen molar-refractivity contribution in [3.63, 3.8) is 0 Å². The van der Waals surface area contributed by atoms with E-state index in [1.54, 1.807) is 0 Å². The molecule has 18 heavy (non-hydrogen) atoms. The molecule has 0 saturated carbocycles. The monoisotopic (exact) mass is 257 g/mol. The first-order chi connectivity index (χ1) is 8.35. The predicted molar refractivity (Wildman–Crippen MR) is 81.1 cm³/mol. The van der Waals surface area contributed by atoms with E-state index in [4.69, 9.17) is 4.74 Å². The zero-order valence-electron chi connectivity index (χ0n) is 13.6. The summed E-state index contributed by atoms with van der Waals surface area (Å²) in [5, 5.41) is 0. The van der Waals surface area contributed by atoms with Crippen LogP contribution in [0.3, 0.4) is 0 Å². The third kappa shape index (κ3) is 12.4. The van der Waals surface area contributed by atoms with Crippen LogP contribution in [-0.2, 0) is 4.74 Å². The molecule has 110 valence electrons. The molecule has 0 heterocycles. The molecule has 2 heteroatoms. The molecule has 0 radical (unpaired) electrons. The molecule has 0 aromatic heterocycles. The van der Waals surface area contributed by atoms with Crippen molar-refractivity contribution in [2.24, 2.45) is 11.3 Å². The Balaban J connectivity index is 3.79. The minimum atomic E-state index is 0.446. The van der Waals surface area contributed by atoms with Crippen LogP contribution in [0, 0.1) is 11.3 Å². The first-order valence-electron chi connectivity index (χ1n) is 7.49. The molecule has 0 aliphatic heterocycles. The summed E-state index contributed by atoms with van der Waals surface area (Å²) in [5.74, 6) is 0.837. The normalized spacial score (nSPS) is 14.2. The fourth-order valence-corrected chi connectivity index (χ4v) is 2.54. The van der Waals surface area contributed by atoms with Gasteiger partial charge in [-0.05, 0) is 51.2 Å². The molecular weight excluding hydrogens is 222 g/mol. The fraction of sp³-hybridized carbons (Fsp3) is 1.00. The molecular formula is C16H35NO. The molecule has 1 atom stereocenters. The van der Waals surface area contributed by atoms with Crippen LogP contribution in [0.25, 0.3) is 0 Å². The fourth-order valence-electron chi connectivity index (χ4n) is 2.54. The highest BCUT2D eigenvalue weighted by Crippen LogP contribution is 2.29. The van der Waals surface area contributed by atoms with Gasteiger partial charge in [-0.25, -0.2) is 0 Å². The highest BCUT2D eigenvalue weighted by molar-refractivity contribution is 4.69. The van der Waals surface area contributed by atoms with Gasteiger partial charge in [0.05, 0.1) is 0 Å². The van der Waals surface area contributed by atoms with E-state index in [9.17, 15) is 0 Å². The van der Waals surface area contributed by atoms with Gasteiger partial charge in [0, 0.05) is 13.7 Å². The van der Waals surface area contributed by atoms with Crippen LogP contribution in [0.4, 0.5) is 0 Å². The van der Waals surface area contributed by atoms with Crippen LogP contribution < -0.4 is 0 Å². The lowest BCUT2D eigenvalue weighted by molar-refractivity contribution is 0.157. The summed E-state index contributed by atoms with van der Waals surface area (Å²) in [4.78, 5) is 2.28. The molecule has 0 amide bonds. The van der Waals surface area contributed by atoms with Crippen molar-refractivity contribution in [3.05, 3.63) is 0 Å². The Morgan fingerprint density at radius 1 is 1.00 bits per heavy atom. The van der Waals surface area contributed by atoms with E-state index >= 15 is 0 Å². The number of hydrogen-bond acceptors (Lipinski definition) is 2. The standard InChI is InChI=1S/C16H35NO/c1-16(2,3)14-15(11-13-18-6)10-8-7-9-12-17(4)5/h15H,7-14H2,1-6H3/t15-/m0/s1. The van der Waals surface area contributed by atoms with Crippen molar-refractivity contribution in [2.75, 3.05) is 34.4 Å². The van der Waals surface area contributed by atoms with Crippen LogP contribution in [-0.4, -0.2) is 39.3 Å². The van der Waals surface area contributed by atoms with Gasteiger partial charge in [0.1, 0.15) is 0 Å². The summed E-state index contributed by atoms with van der Waals surface area (Å²) >= 11 is 0. The van der Waals surface area contributed by atoms with Gasteiger partial charge in [-0.3, -0.25) is 0 Å². The molecule has 0 N–H and O–H groups in total. The summed E-state index contributed by atoms with van der Waals surface area (Å²) in [6, 6.07) is 0. The second kappa shape index (κ2) is 9.80. The van der Waals surface area contributed by atoms with Gasteiger partial charge in [-0.2, -0.15) is 0 Å². The summed E-state index contributed by atoms with van der Waals surface area (Å²) in [7, 11) is 6.12. The van der Waals surface area contributed by atoms with E-state index in [0.717, 1.165) is 12.5 Å². The van der Waals surface area contributed by atoms with E-state index in [1.165, 1.54) is 45.1 Å². The molecule has 0 aromatic rings. The molecule has 0 rings (SSSR count).